The van der Waals surface area contributed by atoms with E-state index < -0.39 is 0 Å². The van der Waals surface area contributed by atoms with Crippen LogP contribution < -0.4 is 20.7 Å². The minimum Gasteiger partial charge on any atom is -0.497 e. The molecule has 3 N–H and O–H groups in total. The van der Waals surface area contributed by atoms with Crippen LogP contribution in [0.2, 0.25) is 0 Å². The lowest BCUT2D eigenvalue weighted by atomic mass is 10.1. The lowest BCUT2D eigenvalue weighted by Gasteiger charge is -2.31. The molecule has 1 aliphatic heterocycles. The molecule has 0 radical (unpaired) electrons. The first kappa shape index (κ1) is 11.2. The summed E-state index contributed by atoms with van der Waals surface area (Å²) < 4.78 is 5.26. The molecule has 0 spiro atoms. The van der Waals surface area contributed by atoms with E-state index in [2.05, 4.69) is 22.3 Å². The third kappa shape index (κ3) is 2.28. The van der Waals surface area contributed by atoms with Gasteiger partial charge in [0, 0.05) is 44.5 Å². The van der Waals surface area contributed by atoms with Crippen LogP contribution in [-0.4, -0.2) is 33.3 Å². The molecule has 1 aromatic rings. The quantitative estimate of drug-likeness (QED) is 0.783. The molecule has 0 atom stereocenters. The number of nitrogens with zero attached hydrogens (tertiary/aromatic N) is 1. The molecule has 0 aliphatic carbocycles. The molecule has 1 heterocycles. The van der Waals surface area contributed by atoms with Crippen molar-refractivity contribution in [3.8, 4) is 5.75 Å². The number of nitrogens with two attached hydrogens (primary N) is 1. The van der Waals surface area contributed by atoms with Crippen LogP contribution in [0.4, 0.5) is 5.69 Å². The second-order valence-electron chi connectivity index (χ2n) is 3.94. The van der Waals surface area contributed by atoms with Gasteiger partial charge in [-0.3, -0.25) is 0 Å². The number of methoxy groups -OCH3 is 1. The zero-order valence-corrected chi connectivity index (χ0v) is 9.70. The minimum atomic E-state index is 0.573. The van der Waals surface area contributed by atoms with Gasteiger partial charge in [-0.2, -0.15) is 0 Å². The molecule has 0 saturated carbocycles. The molecule has 1 fully saturated rings. The Hall–Kier alpha value is -1.26. The van der Waals surface area contributed by atoms with E-state index in [1.807, 2.05) is 6.07 Å². The largest absolute Gasteiger partial charge is 0.497 e. The first-order chi connectivity index (χ1) is 7.85. The first-order valence-corrected chi connectivity index (χ1v) is 5.68. The van der Waals surface area contributed by atoms with Gasteiger partial charge >= 0.3 is 0 Å². The molecule has 0 unspecified atom stereocenters. The molecule has 1 aromatic carbocycles. The van der Waals surface area contributed by atoms with Gasteiger partial charge in [0.15, 0.2) is 0 Å². The lowest BCUT2D eigenvalue weighted by Crippen LogP contribution is -2.44. The smallest absolute Gasteiger partial charge is 0.120 e. The molecule has 4 heteroatoms. The second-order valence-corrected chi connectivity index (χ2v) is 3.94. The zero-order valence-electron chi connectivity index (χ0n) is 9.70. The van der Waals surface area contributed by atoms with Gasteiger partial charge in [0.25, 0.3) is 0 Å². The van der Waals surface area contributed by atoms with E-state index >= 15 is 0 Å². The van der Waals surface area contributed by atoms with Crippen LogP contribution in [0.3, 0.4) is 0 Å². The fourth-order valence-electron chi connectivity index (χ4n) is 2.04. The fourth-order valence-corrected chi connectivity index (χ4v) is 2.04. The number of benzene rings is 1. The number of hydrogen-bond acceptors (Lipinski definition) is 4. The summed E-state index contributed by atoms with van der Waals surface area (Å²) in [7, 11) is 1.69. The van der Waals surface area contributed by atoms with Crippen molar-refractivity contribution in [3.05, 3.63) is 23.8 Å². The Kier molecular flexibility index (Phi) is 3.64. The maximum atomic E-state index is 5.77. The van der Waals surface area contributed by atoms with Crippen LogP contribution in [0.1, 0.15) is 5.56 Å². The average molecular weight is 221 g/mol. The van der Waals surface area contributed by atoms with Crippen LogP contribution in [0, 0.1) is 0 Å². The summed E-state index contributed by atoms with van der Waals surface area (Å²) in [6.07, 6.45) is 0. The number of rotatable bonds is 3. The van der Waals surface area contributed by atoms with Crippen molar-refractivity contribution >= 4 is 5.69 Å². The number of ether oxygens (including phenoxy) is 1. The van der Waals surface area contributed by atoms with E-state index in [4.69, 9.17) is 10.5 Å². The van der Waals surface area contributed by atoms with Crippen LogP contribution >= 0.6 is 0 Å². The number of anilines is 1. The average Bonchev–Trinajstić information content (AvgIpc) is 2.39. The predicted molar refractivity (Wildman–Crippen MR) is 66.0 cm³/mol. The summed E-state index contributed by atoms with van der Waals surface area (Å²) in [5, 5.41) is 3.35. The zero-order chi connectivity index (χ0) is 11.4. The van der Waals surface area contributed by atoms with E-state index in [0.717, 1.165) is 31.9 Å². The Morgan fingerprint density at radius 3 is 2.75 bits per heavy atom. The molecular formula is C12H19N3O. The van der Waals surface area contributed by atoms with Gasteiger partial charge in [0.2, 0.25) is 0 Å². The van der Waals surface area contributed by atoms with E-state index in [1.165, 1.54) is 11.3 Å². The highest BCUT2D eigenvalue weighted by Gasteiger charge is 2.14. The van der Waals surface area contributed by atoms with E-state index in [1.54, 1.807) is 7.11 Å². The van der Waals surface area contributed by atoms with Gasteiger partial charge in [-0.1, -0.05) is 6.07 Å². The van der Waals surface area contributed by atoms with E-state index in [0.29, 0.717) is 6.54 Å². The standard InChI is InChI=1S/C12H19N3O/c1-16-11-3-2-10(9-13)12(8-11)15-6-4-14-5-7-15/h2-3,8,14H,4-7,9,13H2,1H3. The molecule has 16 heavy (non-hydrogen) atoms. The van der Waals surface area contributed by atoms with Crippen molar-refractivity contribution in [1.29, 1.82) is 0 Å². The molecule has 88 valence electrons. The molecule has 0 aromatic heterocycles. The highest BCUT2D eigenvalue weighted by molar-refractivity contribution is 5.57. The number of nitrogens with one attached hydrogen (secondary N) is 1. The first-order valence-electron chi connectivity index (χ1n) is 5.68. The summed E-state index contributed by atoms with van der Waals surface area (Å²) in [5.41, 5.74) is 8.16. The predicted octanol–water partition coefficient (Wildman–Crippen LogP) is 0.563. The molecule has 1 saturated heterocycles. The highest BCUT2D eigenvalue weighted by atomic mass is 16.5. The van der Waals surface area contributed by atoms with Gasteiger partial charge < -0.3 is 20.7 Å². The summed E-state index contributed by atoms with van der Waals surface area (Å²) in [4.78, 5) is 2.36. The summed E-state index contributed by atoms with van der Waals surface area (Å²) >= 11 is 0. The van der Waals surface area contributed by atoms with Crippen LogP contribution in [0.5, 0.6) is 5.75 Å². The van der Waals surface area contributed by atoms with Crippen molar-refractivity contribution < 1.29 is 4.74 Å². The molecule has 0 bridgehead atoms. The summed E-state index contributed by atoms with van der Waals surface area (Å²) in [6, 6.07) is 6.09. The van der Waals surface area contributed by atoms with Crippen molar-refractivity contribution in [3.63, 3.8) is 0 Å². The minimum absolute atomic E-state index is 0.573. The number of piperazine rings is 1. The normalized spacial score (nSPS) is 16.2. The van der Waals surface area contributed by atoms with Crippen LogP contribution in [0.15, 0.2) is 18.2 Å². The van der Waals surface area contributed by atoms with E-state index in [-0.39, 0.29) is 0 Å². The molecule has 2 rings (SSSR count). The lowest BCUT2D eigenvalue weighted by molar-refractivity contribution is 0.414. The Bertz CT molecular complexity index is 348. The Morgan fingerprint density at radius 2 is 2.12 bits per heavy atom. The second kappa shape index (κ2) is 5.18. The molecule has 1 aliphatic rings. The van der Waals surface area contributed by atoms with Crippen molar-refractivity contribution in [2.75, 3.05) is 38.2 Å². The van der Waals surface area contributed by atoms with Crippen molar-refractivity contribution in [2.24, 2.45) is 5.73 Å². The fraction of sp³-hybridized carbons (Fsp3) is 0.500. The third-order valence-corrected chi connectivity index (χ3v) is 2.97. The summed E-state index contributed by atoms with van der Waals surface area (Å²) in [5.74, 6) is 0.894. The van der Waals surface area contributed by atoms with Gasteiger partial charge in [-0.25, -0.2) is 0 Å². The van der Waals surface area contributed by atoms with E-state index in [9.17, 15) is 0 Å². The Labute approximate surface area is 96.4 Å². The van der Waals surface area contributed by atoms with Crippen molar-refractivity contribution in [1.82, 2.24) is 5.32 Å². The number of hydrogen-bond donors (Lipinski definition) is 2. The third-order valence-electron chi connectivity index (χ3n) is 2.97. The monoisotopic (exact) mass is 221 g/mol. The molecule has 0 amide bonds. The Balaban J connectivity index is 2.27. The van der Waals surface area contributed by atoms with Gasteiger partial charge in [-0.05, 0) is 11.6 Å². The summed E-state index contributed by atoms with van der Waals surface area (Å²) in [6.45, 7) is 4.69. The van der Waals surface area contributed by atoms with Crippen LogP contribution in [0.25, 0.3) is 0 Å². The Morgan fingerprint density at radius 1 is 1.38 bits per heavy atom. The topological polar surface area (TPSA) is 50.5 Å². The SMILES string of the molecule is COc1ccc(CN)c(N2CCNCC2)c1. The van der Waals surface area contributed by atoms with Gasteiger partial charge in [-0.15, -0.1) is 0 Å². The van der Waals surface area contributed by atoms with Crippen molar-refractivity contribution in [2.45, 2.75) is 6.54 Å². The van der Waals surface area contributed by atoms with Gasteiger partial charge in [0.1, 0.15) is 5.75 Å². The molecule has 4 nitrogen and oxygen atoms in total. The maximum absolute atomic E-state index is 5.77. The van der Waals surface area contributed by atoms with Crippen LogP contribution in [-0.2, 0) is 6.54 Å². The maximum Gasteiger partial charge on any atom is 0.120 e. The highest BCUT2D eigenvalue weighted by Crippen LogP contribution is 2.26. The molecular weight excluding hydrogens is 202 g/mol. The van der Waals surface area contributed by atoms with Gasteiger partial charge in [0.05, 0.1) is 7.11 Å².